The van der Waals surface area contributed by atoms with Gasteiger partial charge >= 0.3 is 0 Å². The average molecular weight is 186 g/mol. The lowest BCUT2D eigenvalue weighted by Crippen LogP contribution is -1.92. The molecule has 1 saturated carbocycles. The third kappa shape index (κ3) is 8.33. The van der Waals surface area contributed by atoms with Crippen LogP contribution in [0.5, 0.6) is 0 Å². The number of hydrogen-bond donors (Lipinski definition) is 0. The maximum atomic E-state index is 2.38. The normalized spacial score (nSPS) is 25.4. The fourth-order valence-corrected chi connectivity index (χ4v) is 2.00. The quantitative estimate of drug-likeness (QED) is 0.551. The van der Waals surface area contributed by atoms with E-state index in [4.69, 9.17) is 0 Å². The molecule has 0 aliphatic heterocycles. The fourth-order valence-electron chi connectivity index (χ4n) is 2.00. The van der Waals surface area contributed by atoms with Gasteiger partial charge in [-0.2, -0.15) is 0 Å². The summed E-state index contributed by atoms with van der Waals surface area (Å²) in [6, 6.07) is 0. The van der Waals surface area contributed by atoms with Crippen molar-refractivity contribution in [2.45, 2.75) is 73.6 Å². The lowest BCUT2D eigenvalue weighted by atomic mass is 10.0. The van der Waals surface area contributed by atoms with E-state index >= 15 is 0 Å². The van der Waals surface area contributed by atoms with E-state index in [0.29, 0.717) is 0 Å². The summed E-state index contributed by atoms with van der Waals surface area (Å²) in [5, 5.41) is 0. The molecule has 0 bridgehead atoms. The van der Waals surface area contributed by atoms with Crippen molar-refractivity contribution in [1.82, 2.24) is 0 Å². The van der Waals surface area contributed by atoms with Crippen LogP contribution in [0, 0.1) is 11.8 Å². The fraction of sp³-hybridized carbons (Fsp3) is 1.00. The summed E-state index contributed by atoms with van der Waals surface area (Å²) in [6.07, 6.45) is 7.37. The van der Waals surface area contributed by atoms with E-state index in [1.54, 1.807) is 0 Å². The molecule has 1 fully saturated rings. The predicted octanol–water partition coefficient (Wildman–Crippen LogP) is 5.28. The molecule has 1 aliphatic carbocycles. The Labute approximate surface area is 86.1 Å². The smallest absolute Gasteiger partial charge is 0.0412 e. The first-order valence-corrected chi connectivity index (χ1v) is 6.33. The Morgan fingerprint density at radius 1 is 1.00 bits per heavy atom. The van der Waals surface area contributed by atoms with Gasteiger partial charge < -0.3 is 0 Å². The van der Waals surface area contributed by atoms with E-state index in [1.165, 1.54) is 32.1 Å². The first-order chi connectivity index (χ1) is 6.33. The highest BCUT2D eigenvalue weighted by molar-refractivity contribution is 4.71. The molecule has 13 heavy (non-hydrogen) atoms. The minimum absolute atomic E-state index is 1.03. The van der Waals surface area contributed by atoms with E-state index in [0.717, 1.165) is 11.8 Å². The van der Waals surface area contributed by atoms with E-state index in [9.17, 15) is 0 Å². The van der Waals surface area contributed by atoms with E-state index in [1.807, 2.05) is 27.7 Å². The Morgan fingerprint density at radius 3 is 1.85 bits per heavy atom. The van der Waals surface area contributed by atoms with Crippen molar-refractivity contribution in [1.29, 1.82) is 0 Å². The van der Waals surface area contributed by atoms with E-state index in [-0.39, 0.29) is 0 Å². The van der Waals surface area contributed by atoms with Gasteiger partial charge in [-0.25, -0.2) is 0 Å². The SMILES string of the molecule is CC.CC.CCCC1CCC(C)C1. The summed E-state index contributed by atoms with van der Waals surface area (Å²) < 4.78 is 0. The lowest BCUT2D eigenvalue weighted by molar-refractivity contribution is 0.474. The zero-order valence-corrected chi connectivity index (χ0v) is 10.7. The highest BCUT2D eigenvalue weighted by Crippen LogP contribution is 2.32. The summed E-state index contributed by atoms with van der Waals surface area (Å²) in [4.78, 5) is 0. The predicted molar refractivity (Wildman–Crippen MR) is 64.1 cm³/mol. The molecule has 0 saturated heterocycles. The van der Waals surface area contributed by atoms with Gasteiger partial charge in [0.05, 0.1) is 0 Å². The monoisotopic (exact) mass is 186 g/mol. The van der Waals surface area contributed by atoms with Crippen LogP contribution in [0.25, 0.3) is 0 Å². The van der Waals surface area contributed by atoms with Crippen molar-refractivity contribution in [3.05, 3.63) is 0 Å². The summed E-state index contributed by atoms with van der Waals surface area (Å²) in [5.74, 6) is 2.12. The molecule has 0 aromatic carbocycles. The first kappa shape index (κ1) is 15.5. The molecule has 0 amide bonds. The molecular formula is C13H30. The minimum atomic E-state index is 1.03. The molecule has 0 heterocycles. The molecule has 0 radical (unpaired) electrons. The highest BCUT2D eigenvalue weighted by Gasteiger charge is 2.19. The first-order valence-electron chi connectivity index (χ1n) is 6.33. The third-order valence-corrected chi connectivity index (χ3v) is 2.50. The van der Waals surface area contributed by atoms with Crippen LogP contribution in [-0.4, -0.2) is 0 Å². The Hall–Kier alpha value is 0. The van der Waals surface area contributed by atoms with Crippen LogP contribution in [0.1, 0.15) is 73.6 Å². The van der Waals surface area contributed by atoms with Gasteiger partial charge in [0.15, 0.2) is 0 Å². The van der Waals surface area contributed by atoms with Gasteiger partial charge in [-0.05, 0) is 18.3 Å². The third-order valence-electron chi connectivity index (χ3n) is 2.50. The molecular weight excluding hydrogens is 156 g/mol. The van der Waals surface area contributed by atoms with Gasteiger partial charge in [-0.1, -0.05) is 67.2 Å². The van der Waals surface area contributed by atoms with E-state index in [2.05, 4.69) is 13.8 Å². The van der Waals surface area contributed by atoms with Crippen LogP contribution in [0.4, 0.5) is 0 Å². The van der Waals surface area contributed by atoms with Crippen molar-refractivity contribution in [2.75, 3.05) is 0 Å². The molecule has 0 N–H and O–H groups in total. The summed E-state index contributed by atoms with van der Waals surface area (Å²) in [7, 11) is 0. The van der Waals surface area contributed by atoms with Gasteiger partial charge in [-0.15, -0.1) is 0 Å². The molecule has 2 atom stereocenters. The topological polar surface area (TPSA) is 0 Å². The second kappa shape index (κ2) is 12.0. The molecule has 0 aromatic heterocycles. The Balaban J connectivity index is 0. The zero-order valence-electron chi connectivity index (χ0n) is 10.7. The van der Waals surface area contributed by atoms with Crippen molar-refractivity contribution in [2.24, 2.45) is 11.8 Å². The molecule has 0 nitrogen and oxygen atoms in total. The summed E-state index contributed by atoms with van der Waals surface area (Å²) in [6.45, 7) is 12.7. The molecule has 2 unspecified atom stereocenters. The van der Waals surface area contributed by atoms with Crippen molar-refractivity contribution in [3.63, 3.8) is 0 Å². The van der Waals surface area contributed by atoms with Crippen molar-refractivity contribution < 1.29 is 0 Å². The molecule has 1 aliphatic rings. The van der Waals surface area contributed by atoms with Gasteiger partial charge in [0, 0.05) is 0 Å². The van der Waals surface area contributed by atoms with E-state index < -0.39 is 0 Å². The average Bonchev–Trinajstić information content (AvgIpc) is 2.59. The van der Waals surface area contributed by atoms with Crippen LogP contribution in [0.15, 0.2) is 0 Å². The second-order valence-electron chi connectivity index (χ2n) is 3.57. The molecule has 1 rings (SSSR count). The largest absolute Gasteiger partial charge is 0.0683 e. The molecule has 82 valence electrons. The van der Waals surface area contributed by atoms with Gasteiger partial charge in [0.2, 0.25) is 0 Å². The summed E-state index contributed by atoms with van der Waals surface area (Å²) >= 11 is 0. The molecule has 0 heteroatoms. The Kier molecular flexibility index (Phi) is 14.3. The minimum Gasteiger partial charge on any atom is -0.0683 e. The number of rotatable bonds is 2. The number of hydrogen-bond acceptors (Lipinski definition) is 0. The lowest BCUT2D eigenvalue weighted by Gasteiger charge is -2.05. The standard InChI is InChI=1S/C9H18.2C2H6/c1-3-4-9-6-5-8(2)7-9;2*1-2/h8-9H,3-7H2,1-2H3;2*1-2H3. The Bertz CT molecular complexity index is 74.1. The van der Waals surface area contributed by atoms with Crippen LogP contribution >= 0.6 is 0 Å². The van der Waals surface area contributed by atoms with Crippen LogP contribution in [0.2, 0.25) is 0 Å². The maximum absolute atomic E-state index is 2.38. The summed E-state index contributed by atoms with van der Waals surface area (Å²) in [5.41, 5.74) is 0. The second-order valence-corrected chi connectivity index (χ2v) is 3.57. The van der Waals surface area contributed by atoms with Gasteiger partial charge in [0.1, 0.15) is 0 Å². The van der Waals surface area contributed by atoms with Crippen LogP contribution < -0.4 is 0 Å². The van der Waals surface area contributed by atoms with Crippen LogP contribution in [0.3, 0.4) is 0 Å². The Morgan fingerprint density at radius 2 is 1.54 bits per heavy atom. The van der Waals surface area contributed by atoms with Crippen molar-refractivity contribution >= 4 is 0 Å². The highest BCUT2D eigenvalue weighted by atomic mass is 14.2. The molecule has 0 spiro atoms. The molecule has 0 aromatic rings. The zero-order chi connectivity index (χ0) is 10.7. The van der Waals surface area contributed by atoms with Gasteiger partial charge in [0.25, 0.3) is 0 Å². The van der Waals surface area contributed by atoms with Crippen LogP contribution in [-0.2, 0) is 0 Å². The maximum Gasteiger partial charge on any atom is -0.0412 e. The van der Waals surface area contributed by atoms with Gasteiger partial charge in [-0.3, -0.25) is 0 Å². The van der Waals surface area contributed by atoms with Crippen molar-refractivity contribution in [3.8, 4) is 0 Å².